The number of esters is 1. The van der Waals surface area contributed by atoms with E-state index in [9.17, 15) is 13.6 Å². The van der Waals surface area contributed by atoms with Crippen LogP contribution in [0.25, 0.3) is 10.9 Å². The van der Waals surface area contributed by atoms with Gasteiger partial charge in [-0.3, -0.25) is 4.79 Å². The summed E-state index contributed by atoms with van der Waals surface area (Å²) in [5.41, 5.74) is 1.84. The number of rotatable bonds is 14. The number of aromatic nitrogens is 1. The summed E-state index contributed by atoms with van der Waals surface area (Å²) in [6.45, 7) is 2.75. The highest BCUT2D eigenvalue weighted by Crippen LogP contribution is 2.39. The van der Waals surface area contributed by atoms with Gasteiger partial charge in [-0.1, -0.05) is 48.0 Å². The zero-order chi connectivity index (χ0) is 29.5. The molecular weight excluding hydrogens is 575 g/mol. The molecule has 0 unspecified atom stereocenters. The van der Waals surface area contributed by atoms with E-state index in [0.717, 1.165) is 23.7 Å². The molecule has 41 heavy (non-hydrogen) atoms. The number of alkyl halides is 2. The van der Waals surface area contributed by atoms with Gasteiger partial charge < -0.3 is 23.5 Å². The molecule has 0 N–H and O–H groups in total. The highest BCUT2D eigenvalue weighted by atomic mass is 35.5. The van der Waals surface area contributed by atoms with E-state index in [0.29, 0.717) is 39.5 Å². The van der Waals surface area contributed by atoms with Crippen molar-refractivity contribution in [2.45, 2.75) is 45.4 Å². The Morgan fingerprint density at radius 1 is 1.15 bits per heavy atom. The predicted molar refractivity (Wildman–Crippen MR) is 156 cm³/mol. The highest BCUT2D eigenvalue weighted by Gasteiger charge is 2.26. The molecular formula is C31H31Cl2F2NO5. The van der Waals surface area contributed by atoms with Crippen LogP contribution in [0.15, 0.2) is 83.0 Å². The van der Waals surface area contributed by atoms with E-state index in [-0.39, 0.29) is 24.5 Å². The molecule has 1 heterocycles. The summed E-state index contributed by atoms with van der Waals surface area (Å²) in [6.07, 6.45) is 6.16. The van der Waals surface area contributed by atoms with Crippen molar-refractivity contribution in [2.75, 3.05) is 13.7 Å². The molecule has 0 saturated heterocycles. The van der Waals surface area contributed by atoms with Gasteiger partial charge in [0, 0.05) is 33.6 Å². The first-order valence-corrected chi connectivity index (χ1v) is 13.8. The minimum atomic E-state index is -3.02. The maximum atomic E-state index is 13.3. The summed E-state index contributed by atoms with van der Waals surface area (Å²) in [7, 11) is 1.59. The number of methoxy groups -OCH3 is 1. The van der Waals surface area contributed by atoms with Crippen LogP contribution in [0.5, 0.6) is 17.2 Å². The van der Waals surface area contributed by atoms with Crippen LogP contribution in [0.1, 0.15) is 37.9 Å². The van der Waals surface area contributed by atoms with Crippen LogP contribution in [-0.4, -0.2) is 30.9 Å². The zero-order valence-electron chi connectivity index (χ0n) is 22.7. The van der Waals surface area contributed by atoms with Gasteiger partial charge in [0.15, 0.2) is 11.5 Å². The first-order valence-electron chi connectivity index (χ1n) is 13.1. The Morgan fingerprint density at radius 2 is 1.93 bits per heavy atom. The smallest absolute Gasteiger partial charge is 0.387 e. The van der Waals surface area contributed by atoms with Gasteiger partial charge in [-0.15, -0.1) is 0 Å². The third kappa shape index (κ3) is 8.05. The third-order valence-corrected chi connectivity index (χ3v) is 7.51. The van der Waals surface area contributed by atoms with Gasteiger partial charge in [-0.05, 0) is 73.2 Å². The van der Waals surface area contributed by atoms with Gasteiger partial charge in [0.2, 0.25) is 0 Å². The van der Waals surface area contributed by atoms with Crippen molar-refractivity contribution in [3.05, 3.63) is 88.6 Å². The average Bonchev–Trinajstić information content (AvgIpc) is 3.72. The van der Waals surface area contributed by atoms with Crippen LogP contribution in [0.4, 0.5) is 8.78 Å². The van der Waals surface area contributed by atoms with Gasteiger partial charge >= 0.3 is 12.6 Å². The third-order valence-electron chi connectivity index (χ3n) is 6.68. The second kappa shape index (κ2) is 13.9. The van der Waals surface area contributed by atoms with Crippen molar-refractivity contribution in [1.29, 1.82) is 0 Å². The molecule has 0 bridgehead atoms. The van der Waals surface area contributed by atoms with E-state index >= 15 is 0 Å². The molecule has 2 aromatic carbocycles. The molecule has 1 aliphatic rings. The van der Waals surface area contributed by atoms with Crippen molar-refractivity contribution < 1.29 is 32.5 Å². The lowest BCUT2D eigenvalue weighted by molar-refractivity contribution is -0.150. The summed E-state index contributed by atoms with van der Waals surface area (Å²) < 4.78 is 49.8. The fourth-order valence-corrected chi connectivity index (χ4v) is 4.73. The van der Waals surface area contributed by atoms with Crippen LogP contribution in [0, 0.1) is 5.92 Å². The number of carbonyl (C=O) groups is 1. The first kappa shape index (κ1) is 30.5. The number of fused-ring (bicyclic) bond motifs is 1. The maximum absolute atomic E-state index is 13.3. The minimum Gasteiger partial charge on any atom is -0.497 e. The Morgan fingerprint density at radius 3 is 2.59 bits per heavy atom. The topological polar surface area (TPSA) is 58.9 Å². The molecule has 10 heteroatoms. The number of benzene rings is 2. The molecule has 0 amide bonds. The van der Waals surface area contributed by atoms with Gasteiger partial charge in [0.05, 0.1) is 13.7 Å². The van der Waals surface area contributed by atoms with E-state index in [1.807, 2.05) is 24.3 Å². The summed E-state index contributed by atoms with van der Waals surface area (Å²) >= 11 is 12.9. The molecule has 4 rings (SSSR count). The van der Waals surface area contributed by atoms with Gasteiger partial charge in [-0.25, -0.2) is 0 Å². The number of nitrogens with zero attached hydrogens (tertiary/aromatic N) is 1. The molecule has 1 aromatic heterocycles. The molecule has 0 radical (unpaired) electrons. The Balaban J connectivity index is 1.66. The standard InChI is InChI=1S/C31H31Cl2F2NO5/c1-4-24(32)23(25(33)5-2)16-28(21-8-11-27(41-31(34)35)29(15-21)39-18-19-6-7-19)40-30(37)17-36-13-12-20-14-22(38-3)9-10-26(20)36/h4-5,8-15,19,28,31H,1,6-7,16-18H2,2-3H3/b24-23+,25-5+/t28-/m0/s1. The van der Waals surface area contributed by atoms with Crippen molar-refractivity contribution in [3.8, 4) is 17.2 Å². The van der Waals surface area contributed by atoms with E-state index in [4.69, 9.17) is 37.4 Å². The molecule has 218 valence electrons. The number of allylic oxidation sites excluding steroid dienone is 4. The summed E-state index contributed by atoms with van der Waals surface area (Å²) in [6, 6.07) is 11.9. The molecule has 0 aliphatic heterocycles. The first-order chi connectivity index (χ1) is 19.7. The Labute approximate surface area is 247 Å². The second-order valence-corrected chi connectivity index (χ2v) is 10.4. The second-order valence-electron chi connectivity index (χ2n) is 9.56. The van der Waals surface area contributed by atoms with Gasteiger partial charge in [-0.2, -0.15) is 8.78 Å². The van der Waals surface area contributed by atoms with E-state index in [2.05, 4.69) is 11.3 Å². The zero-order valence-corrected chi connectivity index (χ0v) is 24.3. The van der Waals surface area contributed by atoms with Crippen molar-refractivity contribution in [2.24, 2.45) is 5.92 Å². The van der Waals surface area contributed by atoms with Crippen LogP contribution in [0.2, 0.25) is 0 Å². The Bertz CT molecular complexity index is 1460. The molecule has 0 spiro atoms. The van der Waals surface area contributed by atoms with Crippen LogP contribution < -0.4 is 14.2 Å². The van der Waals surface area contributed by atoms with Crippen LogP contribution in [-0.2, 0) is 16.1 Å². The maximum Gasteiger partial charge on any atom is 0.387 e. The van der Waals surface area contributed by atoms with E-state index in [1.54, 1.807) is 43.0 Å². The van der Waals surface area contributed by atoms with Crippen LogP contribution in [0.3, 0.4) is 0 Å². The van der Waals surface area contributed by atoms with Crippen molar-refractivity contribution >= 4 is 40.1 Å². The van der Waals surface area contributed by atoms with Crippen molar-refractivity contribution in [3.63, 3.8) is 0 Å². The lowest BCUT2D eigenvalue weighted by Crippen LogP contribution is -2.18. The van der Waals surface area contributed by atoms with Crippen molar-refractivity contribution in [1.82, 2.24) is 4.57 Å². The number of hydrogen-bond donors (Lipinski definition) is 0. The molecule has 3 aromatic rings. The number of hydrogen-bond acceptors (Lipinski definition) is 5. The van der Waals surface area contributed by atoms with Gasteiger partial charge in [0.25, 0.3) is 0 Å². The van der Waals surface area contributed by atoms with E-state index < -0.39 is 18.7 Å². The SMILES string of the molecule is C=C/C(Cl)=C(C[C@H](OC(=O)Cn1ccc2cc(OC)ccc21)c1ccc(OC(F)F)c(OCC2CC2)c1)\C(Cl)=C/C. The van der Waals surface area contributed by atoms with Gasteiger partial charge in [0.1, 0.15) is 18.4 Å². The molecule has 1 atom stereocenters. The monoisotopic (exact) mass is 605 g/mol. The quantitative estimate of drug-likeness (QED) is 0.136. The minimum absolute atomic E-state index is 0.0739. The molecule has 1 aliphatic carbocycles. The molecule has 1 fully saturated rings. The fourth-order valence-electron chi connectivity index (χ4n) is 4.32. The summed E-state index contributed by atoms with van der Waals surface area (Å²) in [5.74, 6) is 0.588. The Hall–Kier alpha value is -3.49. The Kier molecular flexibility index (Phi) is 10.3. The number of halogens is 4. The normalized spacial score (nSPS) is 15.0. The lowest BCUT2D eigenvalue weighted by Gasteiger charge is -2.22. The van der Waals surface area contributed by atoms with Crippen LogP contribution >= 0.6 is 23.2 Å². The number of carbonyl (C=O) groups excluding carboxylic acids is 1. The molecule has 1 saturated carbocycles. The van der Waals surface area contributed by atoms with E-state index in [1.165, 1.54) is 12.1 Å². The largest absolute Gasteiger partial charge is 0.497 e. The predicted octanol–water partition coefficient (Wildman–Crippen LogP) is 8.54. The highest BCUT2D eigenvalue weighted by molar-refractivity contribution is 6.36. The lowest BCUT2D eigenvalue weighted by atomic mass is 9.99. The summed E-state index contributed by atoms with van der Waals surface area (Å²) in [4.78, 5) is 13.3. The average molecular weight is 606 g/mol. The number of ether oxygens (including phenoxy) is 4. The molecule has 6 nitrogen and oxygen atoms in total. The fraction of sp³-hybridized carbons (Fsp3) is 0.323. The summed E-state index contributed by atoms with van der Waals surface area (Å²) in [5, 5.41) is 1.56.